The lowest BCUT2D eigenvalue weighted by Gasteiger charge is -2.22. The minimum absolute atomic E-state index is 0.146. The zero-order valence-electron chi connectivity index (χ0n) is 21.2. The van der Waals surface area contributed by atoms with Gasteiger partial charge in [0.25, 0.3) is 0 Å². The smallest absolute Gasteiger partial charge is 0.101 e. The third kappa shape index (κ3) is 2.94. The molecule has 0 bridgehead atoms. The molecule has 0 atom stereocenters. The van der Waals surface area contributed by atoms with Crippen LogP contribution in [0.2, 0.25) is 0 Å². The predicted molar refractivity (Wildman–Crippen MR) is 153 cm³/mol. The van der Waals surface area contributed by atoms with Crippen molar-refractivity contribution < 1.29 is 0 Å². The second kappa shape index (κ2) is 7.94. The summed E-state index contributed by atoms with van der Waals surface area (Å²) in [5.74, 6) is 0. The van der Waals surface area contributed by atoms with E-state index in [1.54, 1.807) is 6.07 Å². The monoisotopic (exact) mass is 485 g/mol. The molecule has 0 fully saturated rings. The van der Waals surface area contributed by atoms with Gasteiger partial charge in [-0.2, -0.15) is 10.5 Å². The van der Waals surface area contributed by atoms with Gasteiger partial charge in [0, 0.05) is 21.8 Å². The van der Waals surface area contributed by atoms with Crippen LogP contribution >= 0.6 is 0 Å². The Morgan fingerprint density at radius 2 is 1.34 bits per heavy atom. The number of hydrogen-bond acceptors (Lipinski definition) is 2. The molecule has 0 aliphatic heterocycles. The molecule has 1 heterocycles. The van der Waals surface area contributed by atoms with Crippen LogP contribution in [0.25, 0.3) is 49.7 Å². The van der Waals surface area contributed by atoms with Crippen molar-refractivity contribution in [1.82, 2.24) is 4.57 Å². The molecule has 0 saturated heterocycles. The van der Waals surface area contributed by atoms with E-state index < -0.39 is 0 Å². The maximum absolute atomic E-state index is 10.3. The maximum atomic E-state index is 10.3. The molecular weight excluding hydrogens is 462 g/mol. The van der Waals surface area contributed by atoms with Gasteiger partial charge in [-0.25, -0.2) is 0 Å². The largest absolute Gasteiger partial charge is 0.307 e. The third-order valence-corrected chi connectivity index (χ3v) is 8.04. The normalized spacial score (nSPS) is 13.2. The first-order valence-corrected chi connectivity index (χ1v) is 12.7. The SMILES string of the molecule is CC1(C)c2ccccc2-c2cc3c4ccccc4n(-c4c(C#N)cc(C#N)cc4-c4ccccc4)c3cc21. The van der Waals surface area contributed by atoms with Gasteiger partial charge in [-0.15, -0.1) is 0 Å². The summed E-state index contributed by atoms with van der Waals surface area (Å²) in [7, 11) is 0. The molecule has 1 aromatic heterocycles. The number of nitrogens with zero attached hydrogens (tertiary/aromatic N) is 3. The van der Waals surface area contributed by atoms with Crippen molar-refractivity contribution in [2.45, 2.75) is 19.3 Å². The van der Waals surface area contributed by atoms with Crippen molar-refractivity contribution >= 4 is 21.8 Å². The summed E-state index contributed by atoms with van der Waals surface area (Å²) < 4.78 is 2.23. The second-order valence-electron chi connectivity index (χ2n) is 10.4. The molecule has 0 saturated carbocycles. The Labute approximate surface area is 221 Å². The molecule has 7 rings (SSSR count). The quantitative estimate of drug-likeness (QED) is 0.247. The van der Waals surface area contributed by atoms with Crippen LogP contribution in [-0.4, -0.2) is 4.57 Å². The van der Waals surface area contributed by atoms with E-state index in [-0.39, 0.29) is 5.41 Å². The van der Waals surface area contributed by atoms with Crippen LogP contribution in [-0.2, 0) is 5.41 Å². The van der Waals surface area contributed by atoms with Crippen LogP contribution in [0, 0.1) is 22.7 Å². The van der Waals surface area contributed by atoms with E-state index >= 15 is 0 Å². The van der Waals surface area contributed by atoms with Crippen molar-refractivity contribution in [2.24, 2.45) is 0 Å². The number of fused-ring (bicyclic) bond motifs is 6. The number of nitriles is 2. The molecule has 0 amide bonds. The Bertz CT molecular complexity index is 2010. The standard InChI is InChI=1S/C35H23N3/c1-35(2)30-14-8-6-12-25(30)28-18-29-26-13-7-9-15-32(26)38(33(29)19-31(28)35)34-24(21-37)16-22(20-36)17-27(34)23-10-4-3-5-11-23/h3-19H,1-2H3. The topological polar surface area (TPSA) is 52.5 Å². The fourth-order valence-corrected chi connectivity index (χ4v) is 6.27. The van der Waals surface area contributed by atoms with Gasteiger partial charge in [-0.05, 0) is 58.1 Å². The van der Waals surface area contributed by atoms with Crippen molar-refractivity contribution in [3.05, 3.63) is 125 Å². The zero-order valence-corrected chi connectivity index (χ0v) is 21.2. The van der Waals surface area contributed by atoms with E-state index in [0.29, 0.717) is 11.1 Å². The summed E-state index contributed by atoms with van der Waals surface area (Å²) in [5.41, 5.74) is 10.7. The first-order chi connectivity index (χ1) is 18.5. The summed E-state index contributed by atoms with van der Waals surface area (Å²) in [4.78, 5) is 0. The molecule has 1 aliphatic carbocycles. The number of aromatic nitrogens is 1. The summed E-state index contributed by atoms with van der Waals surface area (Å²) in [6, 6.07) is 40.0. The first-order valence-electron chi connectivity index (χ1n) is 12.7. The van der Waals surface area contributed by atoms with Crippen molar-refractivity contribution in [3.8, 4) is 40.1 Å². The molecular formula is C35H23N3. The fourth-order valence-electron chi connectivity index (χ4n) is 6.27. The zero-order chi connectivity index (χ0) is 26.0. The molecule has 0 spiro atoms. The molecule has 0 N–H and O–H groups in total. The lowest BCUT2D eigenvalue weighted by molar-refractivity contribution is 0.661. The summed E-state index contributed by atoms with van der Waals surface area (Å²) in [5, 5.41) is 22.4. The molecule has 6 aromatic rings. The van der Waals surface area contributed by atoms with Gasteiger partial charge in [0.1, 0.15) is 6.07 Å². The summed E-state index contributed by atoms with van der Waals surface area (Å²) in [6.45, 7) is 4.57. The van der Waals surface area contributed by atoms with Gasteiger partial charge in [0.05, 0.1) is 33.9 Å². The number of hydrogen-bond donors (Lipinski definition) is 0. The predicted octanol–water partition coefficient (Wildman–Crippen LogP) is 8.50. The second-order valence-corrected chi connectivity index (χ2v) is 10.4. The van der Waals surface area contributed by atoms with Gasteiger partial charge in [0.15, 0.2) is 0 Å². The minimum atomic E-state index is -0.146. The molecule has 3 heteroatoms. The lowest BCUT2D eigenvalue weighted by Crippen LogP contribution is -2.15. The van der Waals surface area contributed by atoms with Gasteiger partial charge >= 0.3 is 0 Å². The molecule has 178 valence electrons. The number of para-hydroxylation sites is 1. The van der Waals surface area contributed by atoms with Crippen molar-refractivity contribution in [1.29, 1.82) is 10.5 Å². The van der Waals surface area contributed by atoms with E-state index in [4.69, 9.17) is 0 Å². The molecule has 0 unspecified atom stereocenters. The molecule has 5 aromatic carbocycles. The Hall–Kier alpha value is -5.12. The molecule has 0 radical (unpaired) electrons. The van der Waals surface area contributed by atoms with Gasteiger partial charge < -0.3 is 4.57 Å². The van der Waals surface area contributed by atoms with Crippen LogP contribution in [0.1, 0.15) is 36.1 Å². The average molecular weight is 486 g/mol. The highest BCUT2D eigenvalue weighted by Gasteiger charge is 2.36. The van der Waals surface area contributed by atoms with Crippen molar-refractivity contribution in [2.75, 3.05) is 0 Å². The van der Waals surface area contributed by atoms with Gasteiger partial charge in [-0.3, -0.25) is 0 Å². The molecule has 38 heavy (non-hydrogen) atoms. The Kier molecular flexibility index (Phi) is 4.62. The molecule has 1 aliphatic rings. The summed E-state index contributed by atoms with van der Waals surface area (Å²) >= 11 is 0. The van der Waals surface area contributed by atoms with Crippen molar-refractivity contribution in [3.63, 3.8) is 0 Å². The van der Waals surface area contributed by atoms with Crippen LogP contribution < -0.4 is 0 Å². The number of rotatable bonds is 2. The van der Waals surface area contributed by atoms with Gasteiger partial charge in [-0.1, -0.05) is 86.6 Å². The highest BCUT2D eigenvalue weighted by atomic mass is 15.0. The average Bonchev–Trinajstić information content (AvgIpc) is 3.40. The Morgan fingerprint density at radius 3 is 2.13 bits per heavy atom. The van der Waals surface area contributed by atoms with Crippen LogP contribution in [0.15, 0.2) is 103 Å². The van der Waals surface area contributed by atoms with Crippen LogP contribution in [0.5, 0.6) is 0 Å². The summed E-state index contributed by atoms with van der Waals surface area (Å²) in [6.07, 6.45) is 0. The first kappa shape index (κ1) is 22.1. The fraction of sp³-hybridized carbons (Fsp3) is 0.0857. The minimum Gasteiger partial charge on any atom is -0.307 e. The number of benzene rings is 5. The van der Waals surface area contributed by atoms with Crippen LogP contribution in [0.3, 0.4) is 0 Å². The van der Waals surface area contributed by atoms with E-state index in [2.05, 4.69) is 85.2 Å². The van der Waals surface area contributed by atoms with E-state index in [0.717, 1.165) is 38.6 Å². The lowest BCUT2D eigenvalue weighted by atomic mass is 9.82. The van der Waals surface area contributed by atoms with Gasteiger partial charge in [0.2, 0.25) is 0 Å². The van der Waals surface area contributed by atoms with E-state index in [1.807, 2.05) is 42.5 Å². The van der Waals surface area contributed by atoms with E-state index in [9.17, 15) is 10.5 Å². The Balaban J connectivity index is 1.66. The van der Waals surface area contributed by atoms with Crippen LogP contribution in [0.4, 0.5) is 0 Å². The highest BCUT2D eigenvalue weighted by Crippen LogP contribution is 2.51. The maximum Gasteiger partial charge on any atom is 0.101 e. The third-order valence-electron chi connectivity index (χ3n) is 8.04. The highest BCUT2D eigenvalue weighted by molar-refractivity contribution is 6.12. The van der Waals surface area contributed by atoms with E-state index in [1.165, 1.54) is 22.3 Å². The Morgan fingerprint density at radius 1 is 0.605 bits per heavy atom. The molecule has 3 nitrogen and oxygen atoms in total.